The highest BCUT2D eigenvalue weighted by atomic mass is 32.2. The molecule has 1 aliphatic rings. The van der Waals surface area contributed by atoms with Crippen molar-refractivity contribution in [3.05, 3.63) is 0 Å². The van der Waals surface area contributed by atoms with E-state index in [4.69, 9.17) is 0 Å². The topological polar surface area (TPSA) is 49.4 Å². The molecule has 1 heterocycles. The van der Waals surface area contributed by atoms with Gasteiger partial charge in [-0.15, -0.1) is 0 Å². The molecule has 16 heavy (non-hydrogen) atoms. The molecule has 1 fully saturated rings. The summed E-state index contributed by atoms with van der Waals surface area (Å²) in [6.07, 6.45) is 4.99. The molecule has 1 rings (SSSR count). The van der Waals surface area contributed by atoms with E-state index in [1.54, 1.807) is 4.31 Å². The van der Waals surface area contributed by atoms with Crippen molar-refractivity contribution in [3.8, 4) is 0 Å². The predicted molar refractivity (Wildman–Crippen MR) is 66.5 cm³/mol. The van der Waals surface area contributed by atoms with Crippen LogP contribution in [0, 0.1) is 0 Å². The Balaban J connectivity index is 2.56. The molecule has 0 atom stereocenters. The van der Waals surface area contributed by atoms with Gasteiger partial charge in [-0.2, -0.15) is 17.4 Å². The van der Waals surface area contributed by atoms with E-state index < -0.39 is 10.2 Å². The summed E-state index contributed by atoms with van der Waals surface area (Å²) >= 11 is 0. The average Bonchev–Trinajstić information content (AvgIpc) is 2.66. The first kappa shape index (κ1) is 13.9. The molecule has 0 radical (unpaired) electrons. The standard InChI is InChI=1S/C11H24N2O2S/c1-4-5-8-11(2,3)12-16(14,15)13-9-6-7-10-13/h12H,4-10H2,1-3H3. The summed E-state index contributed by atoms with van der Waals surface area (Å²) in [5.41, 5.74) is -0.336. The number of nitrogens with one attached hydrogen (secondary N) is 1. The summed E-state index contributed by atoms with van der Waals surface area (Å²) in [7, 11) is -3.26. The third kappa shape index (κ3) is 4.03. The molecule has 0 saturated carbocycles. The van der Waals surface area contributed by atoms with E-state index in [0.717, 1.165) is 32.1 Å². The van der Waals surface area contributed by atoms with E-state index in [1.807, 2.05) is 13.8 Å². The van der Waals surface area contributed by atoms with Crippen molar-refractivity contribution in [1.29, 1.82) is 0 Å². The summed E-state index contributed by atoms with van der Waals surface area (Å²) in [5.74, 6) is 0. The fraction of sp³-hybridized carbons (Fsp3) is 1.00. The summed E-state index contributed by atoms with van der Waals surface area (Å²) < 4.78 is 28.4. The Morgan fingerprint density at radius 3 is 2.31 bits per heavy atom. The normalized spacial score (nSPS) is 19.2. The molecule has 0 amide bonds. The SMILES string of the molecule is CCCCC(C)(C)NS(=O)(=O)N1CCCC1. The van der Waals surface area contributed by atoms with Crippen LogP contribution in [0.25, 0.3) is 0 Å². The molecule has 1 aliphatic heterocycles. The highest BCUT2D eigenvalue weighted by molar-refractivity contribution is 7.87. The molecule has 1 N–H and O–H groups in total. The maximum absolute atomic E-state index is 12.0. The molecular formula is C11H24N2O2S. The van der Waals surface area contributed by atoms with Gasteiger partial charge in [0.2, 0.25) is 0 Å². The van der Waals surface area contributed by atoms with Gasteiger partial charge in [0.15, 0.2) is 0 Å². The van der Waals surface area contributed by atoms with Gasteiger partial charge in [-0.05, 0) is 33.1 Å². The van der Waals surface area contributed by atoms with Crippen LogP contribution in [0.15, 0.2) is 0 Å². The molecule has 1 saturated heterocycles. The molecule has 0 unspecified atom stereocenters. The van der Waals surface area contributed by atoms with Crippen LogP contribution in [0.2, 0.25) is 0 Å². The molecule has 0 aromatic rings. The van der Waals surface area contributed by atoms with E-state index >= 15 is 0 Å². The maximum atomic E-state index is 12.0. The van der Waals surface area contributed by atoms with Gasteiger partial charge in [0.25, 0.3) is 10.2 Å². The Labute approximate surface area is 99.6 Å². The van der Waals surface area contributed by atoms with Gasteiger partial charge in [-0.1, -0.05) is 19.8 Å². The quantitative estimate of drug-likeness (QED) is 0.780. The van der Waals surface area contributed by atoms with Crippen LogP contribution < -0.4 is 4.72 Å². The Morgan fingerprint density at radius 2 is 1.81 bits per heavy atom. The Bertz CT molecular complexity index is 306. The smallest absolute Gasteiger partial charge is 0.197 e. The van der Waals surface area contributed by atoms with Gasteiger partial charge in [-0.25, -0.2) is 0 Å². The largest absolute Gasteiger partial charge is 0.279 e. The van der Waals surface area contributed by atoms with E-state index in [1.165, 1.54) is 0 Å². The van der Waals surface area contributed by atoms with Crippen LogP contribution in [0.4, 0.5) is 0 Å². The first-order chi connectivity index (χ1) is 7.37. The molecule has 0 spiro atoms. The minimum atomic E-state index is -3.26. The zero-order valence-corrected chi connectivity index (χ0v) is 11.4. The van der Waals surface area contributed by atoms with Crippen LogP contribution in [-0.4, -0.2) is 31.4 Å². The average molecular weight is 248 g/mol. The zero-order chi connectivity index (χ0) is 12.2. The van der Waals surface area contributed by atoms with Crippen molar-refractivity contribution < 1.29 is 8.42 Å². The predicted octanol–water partition coefficient (Wildman–Crippen LogP) is 1.89. The van der Waals surface area contributed by atoms with Gasteiger partial charge in [-0.3, -0.25) is 0 Å². The summed E-state index contributed by atoms with van der Waals surface area (Å²) in [6.45, 7) is 7.36. The van der Waals surface area contributed by atoms with Gasteiger partial charge in [0, 0.05) is 18.6 Å². The Hall–Kier alpha value is -0.130. The van der Waals surface area contributed by atoms with Crippen molar-refractivity contribution in [2.24, 2.45) is 0 Å². The number of unbranched alkanes of at least 4 members (excludes halogenated alkanes) is 1. The second-order valence-electron chi connectivity index (χ2n) is 5.20. The molecule has 0 aromatic heterocycles. The highest BCUT2D eigenvalue weighted by Gasteiger charge is 2.30. The zero-order valence-electron chi connectivity index (χ0n) is 10.6. The lowest BCUT2D eigenvalue weighted by Crippen LogP contribution is -2.49. The molecule has 0 aliphatic carbocycles. The van der Waals surface area contributed by atoms with E-state index in [9.17, 15) is 8.42 Å². The third-order valence-corrected chi connectivity index (χ3v) is 4.82. The lowest BCUT2D eigenvalue weighted by atomic mass is 9.99. The molecule has 5 heteroatoms. The van der Waals surface area contributed by atoms with Crippen LogP contribution in [0.1, 0.15) is 52.9 Å². The van der Waals surface area contributed by atoms with Crippen molar-refractivity contribution in [2.45, 2.75) is 58.4 Å². The third-order valence-electron chi connectivity index (χ3n) is 2.97. The Morgan fingerprint density at radius 1 is 1.25 bits per heavy atom. The molecular weight excluding hydrogens is 224 g/mol. The highest BCUT2D eigenvalue weighted by Crippen LogP contribution is 2.18. The summed E-state index contributed by atoms with van der Waals surface area (Å²) in [4.78, 5) is 0. The molecule has 96 valence electrons. The number of rotatable bonds is 6. The monoisotopic (exact) mass is 248 g/mol. The fourth-order valence-electron chi connectivity index (χ4n) is 2.01. The van der Waals surface area contributed by atoms with Crippen molar-refractivity contribution in [2.75, 3.05) is 13.1 Å². The van der Waals surface area contributed by atoms with Gasteiger partial charge in [0.05, 0.1) is 0 Å². The van der Waals surface area contributed by atoms with Crippen LogP contribution >= 0.6 is 0 Å². The molecule has 4 nitrogen and oxygen atoms in total. The maximum Gasteiger partial charge on any atom is 0.279 e. The van der Waals surface area contributed by atoms with Crippen LogP contribution in [0.5, 0.6) is 0 Å². The molecule has 0 aromatic carbocycles. The van der Waals surface area contributed by atoms with E-state index in [2.05, 4.69) is 11.6 Å². The second kappa shape index (κ2) is 5.47. The van der Waals surface area contributed by atoms with E-state index in [0.29, 0.717) is 13.1 Å². The minimum Gasteiger partial charge on any atom is -0.197 e. The van der Waals surface area contributed by atoms with Crippen molar-refractivity contribution >= 4 is 10.2 Å². The molecule has 0 bridgehead atoms. The fourth-order valence-corrected chi connectivity index (χ4v) is 3.68. The minimum absolute atomic E-state index is 0.336. The summed E-state index contributed by atoms with van der Waals surface area (Å²) in [6, 6.07) is 0. The Kier molecular flexibility index (Phi) is 4.76. The number of hydrogen-bond acceptors (Lipinski definition) is 2. The van der Waals surface area contributed by atoms with E-state index in [-0.39, 0.29) is 5.54 Å². The first-order valence-electron chi connectivity index (χ1n) is 6.16. The van der Waals surface area contributed by atoms with Gasteiger partial charge < -0.3 is 0 Å². The van der Waals surface area contributed by atoms with Crippen molar-refractivity contribution in [1.82, 2.24) is 9.03 Å². The lowest BCUT2D eigenvalue weighted by molar-refractivity contribution is 0.382. The van der Waals surface area contributed by atoms with Crippen LogP contribution in [-0.2, 0) is 10.2 Å². The summed E-state index contributed by atoms with van der Waals surface area (Å²) in [5, 5.41) is 0. The van der Waals surface area contributed by atoms with Crippen LogP contribution in [0.3, 0.4) is 0 Å². The lowest BCUT2D eigenvalue weighted by Gasteiger charge is -2.28. The van der Waals surface area contributed by atoms with Gasteiger partial charge >= 0.3 is 0 Å². The van der Waals surface area contributed by atoms with Gasteiger partial charge in [0.1, 0.15) is 0 Å². The second-order valence-corrected chi connectivity index (χ2v) is 6.87. The van der Waals surface area contributed by atoms with Crippen molar-refractivity contribution in [3.63, 3.8) is 0 Å². The number of hydrogen-bond donors (Lipinski definition) is 1. The number of nitrogens with zero attached hydrogens (tertiary/aromatic N) is 1. The first-order valence-corrected chi connectivity index (χ1v) is 7.60.